The van der Waals surface area contributed by atoms with Crippen LogP contribution in [0.1, 0.15) is 38.8 Å². The molecule has 0 radical (unpaired) electrons. The Bertz CT molecular complexity index is 2730. The van der Waals surface area contributed by atoms with Crippen LogP contribution in [-0.4, -0.2) is 24.5 Å². The first kappa shape index (κ1) is 43.3. The molecule has 9 heteroatoms. The zero-order chi connectivity index (χ0) is 40.3. The van der Waals surface area contributed by atoms with Crippen molar-refractivity contribution in [3.63, 3.8) is 0 Å². The maximum absolute atomic E-state index is 6.40. The monoisotopic (exact) mass is 1070 g/mol. The fourth-order valence-corrected chi connectivity index (χ4v) is 7.43. The van der Waals surface area contributed by atoms with Gasteiger partial charge in [0.1, 0.15) is 0 Å². The molecular weight excluding hydrogens is 1030 g/mol. The minimum absolute atomic E-state index is 0. The number of ether oxygens (including phenoxy) is 2. The van der Waals surface area contributed by atoms with E-state index >= 15 is 0 Å². The second kappa shape index (κ2) is 19.3. The molecule has 0 unspecified atom stereocenters. The molecule has 0 aliphatic rings. The van der Waals surface area contributed by atoms with E-state index in [1.54, 1.807) is 12.4 Å². The molecule has 4 heterocycles. The Kier molecular flexibility index (Phi) is 13.7. The molecule has 0 spiro atoms. The minimum atomic E-state index is 0. The van der Waals surface area contributed by atoms with Crippen LogP contribution in [0.3, 0.4) is 0 Å². The molecule has 0 aliphatic heterocycles. The molecular formula is C52H41N5O2PdPt. The van der Waals surface area contributed by atoms with Gasteiger partial charge in [0.05, 0.1) is 0 Å². The van der Waals surface area contributed by atoms with E-state index in [0.29, 0.717) is 40.8 Å². The number of nitrogens with zero attached hydrogens (tertiary/aromatic N) is 5. The normalized spacial score (nSPS) is 11.1. The van der Waals surface area contributed by atoms with E-state index in [2.05, 4.69) is 80.1 Å². The summed E-state index contributed by atoms with van der Waals surface area (Å²) in [6.45, 7) is 9.03. The van der Waals surface area contributed by atoms with Gasteiger partial charge < -0.3 is 24.0 Å². The van der Waals surface area contributed by atoms with Crippen molar-refractivity contribution in [2.75, 3.05) is 0 Å². The molecule has 0 amide bonds. The van der Waals surface area contributed by atoms with E-state index in [0.717, 1.165) is 68.3 Å². The van der Waals surface area contributed by atoms with Crippen LogP contribution in [0.25, 0.3) is 61.4 Å². The van der Waals surface area contributed by atoms with Crippen molar-refractivity contribution in [3.05, 3.63) is 175 Å². The zero-order valence-electron chi connectivity index (χ0n) is 34.0. The van der Waals surface area contributed by atoms with Crippen LogP contribution in [0.4, 0.5) is 0 Å². The summed E-state index contributed by atoms with van der Waals surface area (Å²) >= 11 is 0. The number of benzene rings is 5. The van der Waals surface area contributed by atoms with Gasteiger partial charge in [-0.1, -0.05) is 93.3 Å². The first-order valence-corrected chi connectivity index (χ1v) is 19.9. The van der Waals surface area contributed by atoms with Crippen molar-refractivity contribution in [1.29, 1.82) is 0 Å². The predicted molar refractivity (Wildman–Crippen MR) is 234 cm³/mol. The summed E-state index contributed by atoms with van der Waals surface area (Å²) in [5.41, 5.74) is 9.51. The first-order chi connectivity index (χ1) is 28.8. The van der Waals surface area contributed by atoms with Crippen LogP contribution in [0.15, 0.2) is 140 Å². The third-order valence-corrected chi connectivity index (χ3v) is 9.90. The Hall–Kier alpha value is -5.77. The van der Waals surface area contributed by atoms with Gasteiger partial charge in [-0.25, -0.2) is 9.97 Å². The first-order valence-electron chi connectivity index (χ1n) is 19.9. The van der Waals surface area contributed by atoms with Crippen molar-refractivity contribution >= 4 is 21.8 Å². The van der Waals surface area contributed by atoms with Gasteiger partial charge >= 0.3 is 41.5 Å². The topological polar surface area (TPSA) is 75.0 Å². The maximum Gasteiger partial charge on any atom is 2.00 e. The van der Waals surface area contributed by atoms with Crippen molar-refractivity contribution in [3.8, 4) is 62.6 Å². The Morgan fingerprint density at radius 2 is 0.984 bits per heavy atom. The van der Waals surface area contributed by atoms with E-state index < -0.39 is 0 Å². The number of rotatable bonds is 12. The van der Waals surface area contributed by atoms with Crippen LogP contribution in [-0.2, 0) is 54.3 Å². The number of aromatic nitrogens is 5. The second-order valence-corrected chi connectivity index (χ2v) is 15.5. The molecule has 5 aromatic carbocycles. The fourth-order valence-electron chi connectivity index (χ4n) is 7.43. The van der Waals surface area contributed by atoms with Gasteiger partial charge in [-0.2, -0.15) is 22.9 Å². The molecule has 0 N–H and O–H groups in total. The molecule has 0 bridgehead atoms. The van der Waals surface area contributed by atoms with Gasteiger partial charge in [0, 0.05) is 53.3 Å². The molecule has 9 rings (SSSR count). The van der Waals surface area contributed by atoms with Gasteiger partial charge in [0.15, 0.2) is 0 Å². The van der Waals surface area contributed by atoms with E-state index in [1.807, 2.05) is 114 Å². The maximum atomic E-state index is 6.40. The molecule has 4 aromatic heterocycles. The molecule has 0 atom stereocenters. The van der Waals surface area contributed by atoms with Crippen molar-refractivity contribution < 1.29 is 51.0 Å². The standard InChI is InChI=1S/C52H41N5O2.Pd.Pt/c1-34(2)23-36-25-37(24-35(3)4)27-40(26-36)41-32-55-52(56-33-41)57-50-30-44(58-42-13-9-11-38(28-42)48-15-5-7-21-53-48)17-19-46(50)47-20-18-45(31-51(47)57)59-43-14-10-12-39(29-43)49-16-6-8-22-54-49;;/h5-22,25-27,32-35H,23-24H2,1-4H3;;/q-4;2*+2. The number of hydrogen-bond donors (Lipinski definition) is 0. The summed E-state index contributed by atoms with van der Waals surface area (Å²) in [6.07, 6.45) is 9.37. The van der Waals surface area contributed by atoms with Crippen LogP contribution in [0, 0.1) is 36.1 Å². The van der Waals surface area contributed by atoms with E-state index in [-0.39, 0.29) is 41.5 Å². The second-order valence-electron chi connectivity index (χ2n) is 15.5. The van der Waals surface area contributed by atoms with Crippen LogP contribution < -0.4 is 9.47 Å². The Labute approximate surface area is 385 Å². The smallest absolute Gasteiger partial charge is 0.503 e. The van der Waals surface area contributed by atoms with Gasteiger partial charge in [0.2, 0.25) is 5.95 Å². The number of pyridine rings is 2. The van der Waals surface area contributed by atoms with Gasteiger partial charge in [-0.15, -0.1) is 71.8 Å². The average Bonchev–Trinajstić information content (AvgIpc) is 3.56. The third kappa shape index (κ3) is 9.90. The Morgan fingerprint density at radius 1 is 0.508 bits per heavy atom. The van der Waals surface area contributed by atoms with E-state index in [9.17, 15) is 0 Å². The minimum Gasteiger partial charge on any atom is -0.503 e. The fraction of sp³-hybridized carbons (Fsp3) is 0.154. The van der Waals surface area contributed by atoms with Gasteiger partial charge in [-0.3, -0.25) is 0 Å². The quantitative estimate of drug-likeness (QED) is 0.0896. The van der Waals surface area contributed by atoms with Crippen molar-refractivity contribution in [2.45, 2.75) is 40.5 Å². The number of hydrogen-bond acceptors (Lipinski definition) is 6. The third-order valence-electron chi connectivity index (χ3n) is 9.90. The van der Waals surface area contributed by atoms with Crippen LogP contribution in [0.5, 0.6) is 23.0 Å². The Balaban J connectivity index is 0.00000281. The van der Waals surface area contributed by atoms with Crippen LogP contribution >= 0.6 is 0 Å². The van der Waals surface area contributed by atoms with Gasteiger partial charge in [-0.05, 0) is 64.9 Å². The SMILES string of the molecule is CC(C)Cc1cc(CC(C)C)cc(-c2cnc(-n3c4[c-]c(Oc5[c-]c(-c6ccccn6)ccc5)ccc4c4ccc(Oc5[c-]c(-c6ccccn6)ccc5)[c-]c43)nc2)c1.[Pd+2].[Pt+2]. The largest absolute Gasteiger partial charge is 2.00 e. The summed E-state index contributed by atoms with van der Waals surface area (Å²) in [7, 11) is 0. The average molecular weight is 1070 g/mol. The molecule has 61 heavy (non-hydrogen) atoms. The summed E-state index contributed by atoms with van der Waals surface area (Å²) < 4.78 is 14.8. The summed E-state index contributed by atoms with van der Waals surface area (Å²) in [5.74, 6) is 3.71. The molecule has 0 aliphatic carbocycles. The summed E-state index contributed by atoms with van der Waals surface area (Å²) in [4.78, 5) is 19.0. The van der Waals surface area contributed by atoms with Crippen molar-refractivity contribution in [1.82, 2.24) is 24.5 Å². The van der Waals surface area contributed by atoms with E-state index in [1.165, 1.54) is 11.1 Å². The zero-order valence-corrected chi connectivity index (χ0v) is 37.9. The predicted octanol–water partition coefficient (Wildman–Crippen LogP) is 12.5. The number of fused-ring (bicyclic) bond motifs is 3. The molecule has 306 valence electrons. The summed E-state index contributed by atoms with van der Waals surface area (Å²) in [6, 6.07) is 51.7. The van der Waals surface area contributed by atoms with E-state index in [4.69, 9.17) is 19.4 Å². The van der Waals surface area contributed by atoms with Crippen molar-refractivity contribution in [2.24, 2.45) is 11.8 Å². The molecule has 0 saturated carbocycles. The molecule has 9 aromatic rings. The molecule has 0 fully saturated rings. The molecule has 0 saturated heterocycles. The van der Waals surface area contributed by atoms with Gasteiger partial charge in [0.25, 0.3) is 0 Å². The molecule has 7 nitrogen and oxygen atoms in total. The summed E-state index contributed by atoms with van der Waals surface area (Å²) in [5, 5.41) is 1.88. The van der Waals surface area contributed by atoms with Crippen LogP contribution in [0.2, 0.25) is 0 Å². The Morgan fingerprint density at radius 3 is 1.43 bits per heavy atom.